The first kappa shape index (κ1) is 17.4. The predicted molar refractivity (Wildman–Crippen MR) is 126 cm³/mol. The minimum atomic E-state index is 0.212. The molecule has 0 aliphatic carbocycles. The molecule has 1 saturated heterocycles. The average molecular weight is 441 g/mol. The SMILES string of the molecule is Brc1ccc(-c2cc3cccc4ccc5c(C6CCCCO6)ccc2c5c43)cc1. The normalized spacial score (nSPS) is 17.5. The summed E-state index contributed by atoms with van der Waals surface area (Å²) in [6.45, 7) is 0.872. The zero-order valence-corrected chi connectivity index (χ0v) is 17.7. The summed E-state index contributed by atoms with van der Waals surface area (Å²) in [4.78, 5) is 0. The van der Waals surface area contributed by atoms with Crippen LogP contribution in [0.15, 0.2) is 77.3 Å². The first-order chi connectivity index (χ1) is 14.3. The van der Waals surface area contributed by atoms with Gasteiger partial charge >= 0.3 is 0 Å². The van der Waals surface area contributed by atoms with Gasteiger partial charge in [0, 0.05) is 11.1 Å². The van der Waals surface area contributed by atoms with Crippen LogP contribution < -0.4 is 0 Å². The van der Waals surface area contributed by atoms with Gasteiger partial charge in [-0.05, 0) is 86.5 Å². The molecule has 2 heteroatoms. The van der Waals surface area contributed by atoms with Gasteiger partial charge in [-0.15, -0.1) is 0 Å². The Bertz CT molecular complexity index is 1330. The van der Waals surface area contributed by atoms with Gasteiger partial charge in [-0.3, -0.25) is 0 Å². The van der Waals surface area contributed by atoms with Crippen LogP contribution in [0.3, 0.4) is 0 Å². The van der Waals surface area contributed by atoms with Gasteiger partial charge in [0.1, 0.15) is 0 Å². The van der Waals surface area contributed by atoms with Crippen molar-refractivity contribution in [3.8, 4) is 11.1 Å². The Hall–Kier alpha value is -2.42. The Morgan fingerprint density at radius 1 is 0.759 bits per heavy atom. The summed E-state index contributed by atoms with van der Waals surface area (Å²) in [6.07, 6.45) is 3.75. The maximum absolute atomic E-state index is 6.18. The highest BCUT2D eigenvalue weighted by atomic mass is 79.9. The molecule has 1 unspecified atom stereocenters. The van der Waals surface area contributed by atoms with E-state index in [0.717, 1.165) is 17.5 Å². The molecule has 0 aromatic heterocycles. The average Bonchev–Trinajstić information content (AvgIpc) is 2.78. The number of halogens is 1. The highest BCUT2D eigenvalue weighted by molar-refractivity contribution is 9.10. The molecule has 0 N–H and O–H groups in total. The van der Waals surface area contributed by atoms with Crippen molar-refractivity contribution in [1.29, 1.82) is 0 Å². The number of hydrogen-bond acceptors (Lipinski definition) is 1. The molecule has 0 amide bonds. The van der Waals surface area contributed by atoms with Crippen LogP contribution in [-0.4, -0.2) is 6.61 Å². The van der Waals surface area contributed by atoms with E-state index in [1.54, 1.807) is 0 Å². The summed E-state index contributed by atoms with van der Waals surface area (Å²) < 4.78 is 7.28. The Morgan fingerprint density at radius 3 is 2.41 bits per heavy atom. The van der Waals surface area contributed by atoms with Gasteiger partial charge in [0.15, 0.2) is 0 Å². The molecule has 0 spiro atoms. The number of ether oxygens (including phenoxy) is 1. The van der Waals surface area contributed by atoms with Crippen molar-refractivity contribution < 1.29 is 4.74 Å². The van der Waals surface area contributed by atoms with Crippen LogP contribution in [0.2, 0.25) is 0 Å². The van der Waals surface area contributed by atoms with Crippen molar-refractivity contribution in [3.05, 3.63) is 82.8 Å². The molecule has 1 heterocycles. The highest BCUT2D eigenvalue weighted by Gasteiger charge is 2.21. The Balaban J connectivity index is 1.72. The summed E-state index contributed by atoms with van der Waals surface area (Å²) in [5.41, 5.74) is 3.89. The third kappa shape index (κ3) is 2.78. The van der Waals surface area contributed by atoms with E-state index in [9.17, 15) is 0 Å². The summed E-state index contributed by atoms with van der Waals surface area (Å²) in [7, 11) is 0. The summed E-state index contributed by atoms with van der Waals surface area (Å²) >= 11 is 3.57. The van der Waals surface area contributed by atoms with Gasteiger partial charge in [-0.1, -0.05) is 70.5 Å². The molecule has 1 atom stereocenters. The standard InChI is InChI=1S/C27H21BrO/c28-20-10-7-17(8-11-20)24-16-19-5-3-4-18-9-12-22-21(25-6-1-2-15-29-25)13-14-23(24)27(22)26(18)19/h3-5,7-14,16,25H,1-2,6,15H2. The minimum Gasteiger partial charge on any atom is -0.374 e. The number of rotatable bonds is 2. The molecule has 0 saturated carbocycles. The molecule has 1 aliphatic rings. The van der Waals surface area contributed by atoms with Gasteiger partial charge in [0.25, 0.3) is 0 Å². The fourth-order valence-corrected chi connectivity index (χ4v) is 5.25. The summed E-state index contributed by atoms with van der Waals surface area (Å²) in [5.74, 6) is 0. The van der Waals surface area contributed by atoms with E-state index in [-0.39, 0.29) is 6.10 Å². The zero-order valence-electron chi connectivity index (χ0n) is 16.1. The van der Waals surface area contributed by atoms with E-state index in [1.165, 1.54) is 61.8 Å². The van der Waals surface area contributed by atoms with Crippen molar-refractivity contribution in [3.63, 3.8) is 0 Å². The second-order valence-electron chi connectivity index (χ2n) is 8.06. The second-order valence-corrected chi connectivity index (χ2v) is 8.97. The topological polar surface area (TPSA) is 9.23 Å². The number of hydrogen-bond donors (Lipinski definition) is 0. The molecule has 5 aromatic rings. The monoisotopic (exact) mass is 440 g/mol. The molecule has 1 nitrogen and oxygen atoms in total. The Morgan fingerprint density at radius 2 is 1.59 bits per heavy atom. The number of benzene rings is 5. The molecular weight excluding hydrogens is 420 g/mol. The van der Waals surface area contributed by atoms with Gasteiger partial charge < -0.3 is 4.74 Å². The Kier molecular flexibility index (Phi) is 4.11. The molecule has 5 aromatic carbocycles. The van der Waals surface area contributed by atoms with Gasteiger partial charge in [0.05, 0.1) is 6.10 Å². The van der Waals surface area contributed by atoms with E-state index in [2.05, 4.69) is 88.7 Å². The maximum atomic E-state index is 6.18. The third-order valence-electron chi connectivity index (χ3n) is 6.36. The van der Waals surface area contributed by atoms with Crippen molar-refractivity contribution >= 4 is 48.2 Å². The molecule has 142 valence electrons. The molecular formula is C27H21BrO. The van der Waals surface area contributed by atoms with Crippen LogP contribution in [0.5, 0.6) is 0 Å². The highest BCUT2D eigenvalue weighted by Crippen LogP contribution is 2.43. The third-order valence-corrected chi connectivity index (χ3v) is 6.89. The molecule has 1 aliphatic heterocycles. The quantitative estimate of drug-likeness (QED) is 0.251. The fraction of sp³-hybridized carbons (Fsp3) is 0.185. The van der Waals surface area contributed by atoms with E-state index in [4.69, 9.17) is 4.74 Å². The maximum Gasteiger partial charge on any atom is 0.0830 e. The van der Waals surface area contributed by atoms with Crippen LogP contribution in [0, 0.1) is 0 Å². The van der Waals surface area contributed by atoms with E-state index < -0.39 is 0 Å². The van der Waals surface area contributed by atoms with Crippen molar-refractivity contribution in [2.24, 2.45) is 0 Å². The van der Waals surface area contributed by atoms with E-state index >= 15 is 0 Å². The zero-order chi connectivity index (χ0) is 19.4. The molecule has 0 radical (unpaired) electrons. The van der Waals surface area contributed by atoms with E-state index in [0.29, 0.717) is 0 Å². The smallest absolute Gasteiger partial charge is 0.0830 e. The lowest BCUT2D eigenvalue weighted by molar-refractivity contribution is 0.0159. The van der Waals surface area contributed by atoms with Gasteiger partial charge in [-0.25, -0.2) is 0 Å². The van der Waals surface area contributed by atoms with E-state index in [1.807, 2.05) is 0 Å². The summed E-state index contributed by atoms with van der Waals surface area (Å²) in [5, 5.41) is 8.04. The van der Waals surface area contributed by atoms with Crippen molar-refractivity contribution in [2.75, 3.05) is 6.61 Å². The molecule has 6 rings (SSSR count). The summed E-state index contributed by atoms with van der Waals surface area (Å²) in [6, 6.07) is 26.8. The molecule has 0 bridgehead atoms. The second kappa shape index (κ2) is 6.83. The Labute approximate surface area is 178 Å². The largest absolute Gasteiger partial charge is 0.374 e. The van der Waals surface area contributed by atoms with Crippen LogP contribution in [0.1, 0.15) is 30.9 Å². The fourth-order valence-electron chi connectivity index (χ4n) is 4.99. The lowest BCUT2D eigenvalue weighted by atomic mass is 9.86. The van der Waals surface area contributed by atoms with Gasteiger partial charge in [-0.2, -0.15) is 0 Å². The van der Waals surface area contributed by atoms with Crippen LogP contribution in [0.4, 0.5) is 0 Å². The van der Waals surface area contributed by atoms with Crippen LogP contribution in [0.25, 0.3) is 43.4 Å². The van der Waals surface area contributed by atoms with Gasteiger partial charge in [0.2, 0.25) is 0 Å². The molecule has 1 fully saturated rings. The predicted octanol–water partition coefficient (Wildman–Crippen LogP) is 8.26. The first-order valence-corrected chi connectivity index (χ1v) is 11.2. The lowest BCUT2D eigenvalue weighted by Crippen LogP contribution is -2.12. The lowest BCUT2D eigenvalue weighted by Gasteiger charge is -2.25. The van der Waals surface area contributed by atoms with Crippen molar-refractivity contribution in [1.82, 2.24) is 0 Å². The molecule has 29 heavy (non-hydrogen) atoms. The van der Waals surface area contributed by atoms with Crippen LogP contribution >= 0.6 is 15.9 Å². The first-order valence-electron chi connectivity index (χ1n) is 10.4. The van der Waals surface area contributed by atoms with Crippen molar-refractivity contribution in [2.45, 2.75) is 25.4 Å². The van der Waals surface area contributed by atoms with Crippen LogP contribution in [-0.2, 0) is 4.74 Å². The minimum absolute atomic E-state index is 0.212.